The topological polar surface area (TPSA) is 22.1 Å². The van der Waals surface area contributed by atoms with Gasteiger partial charge in [-0.2, -0.15) is 0 Å². The van der Waals surface area contributed by atoms with Gasteiger partial charge in [0, 0.05) is 11.3 Å². The highest BCUT2D eigenvalue weighted by Crippen LogP contribution is 2.29. The Hall–Kier alpha value is -0.760. The lowest BCUT2D eigenvalue weighted by Gasteiger charge is -2.27. The van der Waals surface area contributed by atoms with Crippen LogP contribution in [0.1, 0.15) is 36.1 Å². The van der Waals surface area contributed by atoms with Crippen molar-refractivity contribution in [3.63, 3.8) is 0 Å². The number of hydrogen-bond acceptors (Lipinski definition) is 2. The van der Waals surface area contributed by atoms with E-state index in [4.69, 9.17) is 16.3 Å². The number of nitrogens with zero attached hydrogens (tertiary/aromatic N) is 1. The average Bonchev–Trinajstić information content (AvgIpc) is 2.10. The van der Waals surface area contributed by atoms with Gasteiger partial charge in [0.2, 0.25) is 5.88 Å². The van der Waals surface area contributed by atoms with Gasteiger partial charge in [0.1, 0.15) is 6.10 Å². The molecule has 1 fully saturated rings. The third kappa shape index (κ3) is 2.25. The molecule has 1 aliphatic rings. The van der Waals surface area contributed by atoms with Crippen molar-refractivity contribution in [3.05, 3.63) is 22.9 Å². The Balaban J connectivity index is 2.25. The van der Waals surface area contributed by atoms with Crippen LogP contribution in [0.4, 0.5) is 0 Å². The van der Waals surface area contributed by atoms with Gasteiger partial charge in [-0.05, 0) is 44.7 Å². The molecule has 1 heterocycles. The zero-order valence-electron chi connectivity index (χ0n) is 9.22. The normalized spacial score (nSPS) is 16.2. The van der Waals surface area contributed by atoms with Crippen LogP contribution in [-0.2, 0) is 5.88 Å². The Morgan fingerprint density at radius 2 is 2.20 bits per heavy atom. The van der Waals surface area contributed by atoms with Crippen molar-refractivity contribution < 1.29 is 4.74 Å². The van der Waals surface area contributed by atoms with Gasteiger partial charge in [0.25, 0.3) is 0 Å². The first-order valence-corrected chi connectivity index (χ1v) is 5.94. The quantitative estimate of drug-likeness (QED) is 0.736. The second-order valence-corrected chi connectivity index (χ2v) is 4.44. The van der Waals surface area contributed by atoms with Crippen molar-refractivity contribution in [2.45, 2.75) is 45.1 Å². The highest BCUT2D eigenvalue weighted by Gasteiger charge is 2.21. The van der Waals surface area contributed by atoms with Gasteiger partial charge in [-0.25, -0.2) is 4.98 Å². The van der Waals surface area contributed by atoms with Crippen LogP contribution in [0.2, 0.25) is 0 Å². The van der Waals surface area contributed by atoms with Crippen LogP contribution < -0.4 is 4.74 Å². The molecule has 0 bridgehead atoms. The van der Waals surface area contributed by atoms with Crippen LogP contribution in [0.15, 0.2) is 6.07 Å². The van der Waals surface area contributed by atoms with Crippen molar-refractivity contribution in [2.24, 2.45) is 0 Å². The summed E-state index contributed by atoms with van der Waals surface area (Å²) < 4.78 is 5.84. The second kappa shape index (κ2) is 4.40. The smallest absolute Gasteiger partial charge is 0.218 e. The Kier molecular flexibility index (Phi) is 3.15. The summed E-state index contributed by atoms with van der Waals surface area (Å²) in [6, 6.07) is 2.05. The molecule has 0 radical (unpaired) electrons. The molecule has 82 valence electrons. The lowest BCUT2D eigenvalue weighted by atomic mass is 9.96. The van der Waals surface area contributed by atoms with Crippen molar-refractivity contribution in [1.29, 1.82) is 0 Å². The molecule has 0 aromatic carbocycles. The number of halogens is 1. The van der Waals surface area contributed by atoms with Crippen molar-refractivity contribution in [3.8, 4) is 5.88 Å². The lowest BCUT2D eigenvalue weighted by Crippen LogP contribution is -2.25. The Labute approximate surface area is 95.6 Å². The number of aryl methyl sites for hydroxylation is 2. The fourth-order valence-corrected chi connectivity index (χ4v) is 2.06. The van der Waals surface area contributed by atoms with Crippen LogP contribution >= 0.6 is 11.6 Å². The SMILES string of the molecule is Cc1cc(C)c(CCl)c(OC2CCC2)n1. The molecule has 0 amide bonds. The van der Waals surface area contributed by atoms with E-state index in [0.29, 0.717) is 12.0 Å². The van der Waals surface area contributed by atoms with Crippen LogP contribution in [0.3, 0.4) is 0 Å². The number of rotatable bonds is 3. The van der Waals surface area contributed by atoms with Gasteiger partial charge in [-0.3, -0.25) is 0 Å². The highest BCUT2D eigenvalue weighted by molar-refractivity contribution is 6.17. The molecule has 1 aromatic heterocycles. The van der Waals surface area contributed by atoms with E-state index < -0.39 is 0 Å². The Morgan fingerprint density at radius 1 is 1.47 bits per heavy atom. The largest absolute Gasteiger partial charge is 0.474 e. The van der Waals surface area contributed by atoms with E-state index in [2.05, 4.69) is 11.9 Å². The minimum atomic E-state index is 0.362. The average molecular weight is 226 g/mol. The maximum atomic E-state index is 5.91. The molecular weight excluding hydrogens is 210 g/mol. The molecule has 0 atom stereocenters. The summed E-state index contributed by atoms with van der Waals surface area (Å²) >= 11 is 5.91. The van der Waals surface area contributed by atoms with E-state index in [9.17, 15) is 0 Å². The summed E-state index contributed by atoms with van der Waals surface area (Å²) in [6.45, 7) is 4.04. The van der Waals surface area contributed by atoms with Crippen molar-refractivity contribution >= 4 is 11.6 Å². The number of aromatic nitrogens is 1. The predicted octanol–water partition coefficient (Wildman–Crippen LogP) is 3.37. The summed E-state index contributed by atoms with van der Waals surface area (Å²) in [6.07, 6.45) is 3.93. The molecule has 0 aliphatic heterocycles. The first-order valence-electron chi connectivity index (χ1n) is 5.40. The molecule has 15 heavy (non-hydrogen) atoms. The third-order valence-corrected chi connectivity index (χ3v) is 3.17. The van der Waals surface area contributed by atoms with Gasteiger partial charge >= 0.3 is 0 Å². The first kappa shape index (κ1) is 10.7. The molecule has 0 spiro atoms. The van der Waals surface area contributed by atoms with E-state index in [0.717, 1.165) is 30.0 Å². The second-order valence-electron chi connectivity index (χ2n) is 4.17. The summed E-state index contributed by atoms with van der Waals surface area (Å²) in [7, 11) is 0. The molecule has 0 unspecified atom stereocenters. The zero-order valence-corrected chi connectivity index (χ0v) is 9.97. The maximum Gasteiger partial charge on any atom is 0.218 e. The van der Waals surface area contributed by atoms with Gasteiger partial charge < -0.3 is 4.74 Å². The molecule has 1 saturated carbocycles. The number of alkyl halides is 1. The maximum absolute atomic E-state index is 5.91. The molecule has 0 saturated heterocycles. The van der Waals surface area contributed by atoms with Crippen molar-refractivity contribution in [2.75, 3.05) is 0 Å². The van der Waals surface area contributed by atoms with E-state index in [1.165, 1.54) is 12.0 Å². The molecule has 2 nitrogen and oxygen atoms in total. The molecule has 3 heteroatoms. The fourth-order valence-electron chi connectivity index (χ4n) is 1.74. The highest BCUT2D eigenvalue weighted by atomic mass is 35.5. The number of pyridine rings is 1. The first-order chi connectivity index (χ1) is 7.20. The van der Waals surface area contributed by atoms with Gasteiger partial charge in [0.15, 0.2) is 0 Å². The van der Waals surface area contributed by atoms with E-state index in [-0.39, 0.29) is 0 Å². The molecular formula is C12H16ClNO. The Bertz CT molecular complexity index is 361. The summed E-state index contributed by atoms with van der Waals surface area (Å²) in [5.74, 6) is 1.22. The molecule has 0 N–H and O–H groups in total. The Morgan fingerprint density at radius 3 is 2.73 bits per heavy atom. The van der Waals surface area contributed by atoms with Gasteiger partial charge in [0.05, 0.1) is 5.88 Å². The van der Waals surface area contributed by atoms with E-state index in [1.54, 1.807) is 0 Å². The van der Waals surface area contributed by atoms with Crippen molar-refractivity contribution in [1.82, 2.24) is 4.98 Å². The van der Waals surface area contributed by atoms with E-state index in [1.807, 2.05) is 13.0 Å². The van der Waals surface area contributed by atoms with Gasteiger partial charge in [-0.15, -0.1) is 11.6 Å². The fraction of sp³-hybridized carbons (Fsp3) is 0.583. The van der Waals surface area contributed by atoms with Gasteiger partial charge in [-0.1, -0.05) is 0 Å². The predicted molar refractivity (Wildman–Crippen MR) is 61.5 cm³/mol. The van der Waals surface area contributed by atoms with Crippen LogP contribution in [0, 0.1) is 13.8 Å². The van der Waals surface area contributed by atoms with Crippen LogP contribution in [-0.4, -0.2) is 11.1 Å². The summed E-state index contributed by atoms with van der Waals surface area (Å²) in [5.41, 5.74) is 3.21. The molecule has 2 rings (SSSR count). The number of ether oxygens (including phenoxy) is 1. The number of hydrogen-bond donors (Lipinski definition) is 0. The summed E-state index contributed by atoms with van der Waals surface area (Å²) in [4.78, 5) is 4.42. The zero-order chi connectivity index (χ0) is 10.8. The third-order valence-electron chi connectivity index (χ3n) is 2.90. The molecule has 1 aliphatic carbocycles. The summed E-state index contributed by atoms with van der Waals surface area (Å²) in [5, 5.41) is 0. The molecule has 1 aromatic rings. The monoisotopic (exact) mass is 225 g/mol. The minimum absolute atomic E-state index is 0.362. The lowest BCUT2D eigenvalue weighted by molar-refractivity contribution is 0.113. The standard InChI is InChI=1S/C12H16ClNO/c1-8-6-9(2)14-12(11(8)7-13)15-10-4-3-5-10/h6,10H,3-5,7H2,1-2H3. The van der Waals surface area contributed by atoms with Crippen LogP contribution in [0.25, 0.3) is 0 Å². The van der Waals surface area contributed by atoms with Crippen LogP contribution in [0.5, 0.6) is 5.88 Å². The minimum Gasteiger partial charge on any atom is -0.474 e. The van der Waals surface area contributed by atoms with E-state index >= 15 is 0 Å².